The number of aromatic nitrogens is 1. The number of allylic oxidation sites excluding steroid dienone is 2. The molecule has 2 atom stereocenters. The molecule has 3 N–H and O–H groups in total. The van der Waals surface area contributed by atoms with Gasteiger partial charge in [0.25, 0.3) is 0 Å². The molecule has 2 unspecified atom stereocenters. The smallest absolute Gasteiger partial charge is 0.152 e. The maximum Gasteiger partial charge on any atom is 0.152 e. The Bertz CT molecular complexity index is 1670. The van der Waals surface area contributed by atoms with Crippen LogP contribution < -0.4 is 15.5 Å². The topological polar surface area (TPSA) is 67.9 Å². The van der Waals surface area contributed by atoms with Gasteiger partial charge in [-0.2, -0.15) is 0 Å². The van der Waals surface area contributed by atoms with Gasteiger partial charge in [-0.25, -0.2) is 10.4 Å². The van der Waals surface area contributed by atoms with Crippen LogP contribution in [0.1, 0.15) is 36.5 Å². The van der Waals surface area contributed by atoms with Gasteiger partial charge in [0, 0.05) is 53.9 Å². The Morgan fingerprint density at radius 2 is 1.74 bits per heavy atom. The van der Waals surface area contributed by atoms with Gasteiger partial charge in [-0.3, -0.25) is 5.01 Å². The van der Waals surface area contributed by atoms with Crippen molar-refractivity contribution >= 4 is 16.7 Å². The molecule has 43 heavy (non-hydrogen) atoms. The first kappa shape index (κ1) is 27.3. The van der Waals surface area contributed by atoms with Crippen LogP contribution in [-0.4, -0.2) is 47.0 Å². The molecule has 3 aliphatic heterocycles. The van der Waals surface area contributed by atoms with E-state index in [1.165, 1.54) is 38.9 Å². The lowest BCUT2D eigenvalue weighted by molar-refractivity contribution is 0.237. The second-order valence-electron chi connectivity index (χ2n) is 11.8. The van der Waals surface area contributed by atoms with Crippen LogP contribution in [0.3, 0.4) is 0 Å². The van der Waals surface area contributed by atoms with Crippen LogP contribution in [0.2, 0.25) is 0 Å². The number of H-pyrrole nitrogens is 1. The van der Waals surface area contributed by atoms with E-state index in [0.29, 0.717) is 5.92 Å². The van der Waals surface area contributed by atoms with E-state index < -0.39 is 0 Å². The van der Waals surface area contributed by atoms with Gasteiger partial charge in [0.1, 0.15) is 11.6 Å². The quantitative estimate of drug-likeness (QED) is 0.225. The Labute approximate surface area is 253 Å². The van der Waals surface area contributed by atoms with Crippen molar-refractivity contribution in [1.29, 1.82) is 0 Å². The van der Waals surface area contributed by atoms with E-state index in [9.17, 15) is 0 Å². The molecular weight excluding hydrogens is 532 g/mol. The highest BCUT2D eigenvalue weighted by atomic mass is 16.5. The van der Waals surface area contributed by atoms with E-state index in [1.807, 2.05) is 0 Å². The highest BCUT2D eigenvalue weighted by Crippen LogP contribution is 2.38. The van der Waals surface area contributed by atoms with E-state index in [2.05, 4.69) is 124 Å². The number of fused-ring (bicyclic) bond motifs is 1. The Morgan fingerprint density at radius 3 is 2.58 bits per heavy atom. The molecule has 0 aliphatic carbocycles. The van der Waals surface area contributed by atoms with E-state index >= 15 is 0 Å². The average Bonchev–Trinajstić information content (AvgIpc) is 3.60. The molecule has 0 radical (unpaired) electrons. The molecule has 7 heteroatoms. The number of aromatic amines is 1. The summed E-state index contributed by atoms with van der Waals surface area (Å²) in [5.74, 6) is 3.26. The molecule has 220 valence electrons. The minimum atomic E-state index is 0.262. The molecule has 1 saturated heterocycles. The summed E-state index contributed by atoms with van der Waals surface area (Å²) >= 11 is 0. The van der Waals surface area contributed by atoms with Gasteiger partial charge in [0.05, 0.1) is 19.7 Å². The van der Waals surface area contributed by atoms with Crippen molar-refractivity contribution in [1.82, 2.24) is 25.6 Å². The van der Waals surface area contributed by atoms with Crippen LogP contribution in [0.15, 0.2) is 113 Å². The van der Waals surface area contributed by atoms with Gasteiger partial charge in [-0.1, -0.05) is 67.6 Å². The predicted molar refractivity (Wildman–Crippen MR) is 173 cm³/mol. The first-order valence-electron chi connectivity index (χ1n) is 15.4. The summed E-state index contributed by atoms with van der Waals surface area (Å²) in [4.78, 5) is 11.4. The van der Waals surface area contributed by atoms with Crippen molar-refractivity contribution in [3.63, 3.8) is 0 Å². The summed E-state index contributed by atoms with van der Waals surface area (Å²) in [6, 6.07) is 27.9. The van der Waals surface area contributed by atoms with Crippen molar-refractivity contribution in [2.24, 2.45) is 10.9 Å². The normalized spacial score (nSPS) is 20.0. The fourth-order valence-electron chi connectivity index (χ4n) is 6.73. The number of hydrogen-bond acceptors (Lipinski definition) is 6. The first-order chi connectivity index (χ1) is 21.2. The van der Waals surface area contributed by atoms with Gasteiger partial charge in [0.15, 0.2) is 5.84 Å². The Kier molecular flexibility index (Phi) is 7.64. The molecule has 0 spiro atoms. The van der Waals surface area contributed by atoms with E-state index in [-0.39, 0.29) is 6.04 Å². The third-order valence-electron chi connectivity index (χ3n) is 8.91. The average molecular weight is 573 g/mol. The molecule has 0 bridgehead atoms. The summed E-state index contributed by atoms with van der Waals surface area (Å²) in [5, 5.41) is 7.27. The molecule has 1 fully saturated rings. The number of rotatable bonds is 9. The SMILES string of the molecule is COc1ccc(CN2CCC3NN(Cc4ccccc4)C4=NC(NCCc5c[nH]c6ccccc56)=CCC(C)C2=C43)cc1. The maximum atomic E-state index is 5.40. The molecule has 0 amide bonds. The lowest BCUT2D eigenvalue weighted by Gasteiger charge is -2.38. The van der Waals surface area contributed by atoms with Crippen LogP contribution in [0.4, 0.5) is 0 Å². The highest BCUT2D eigenvalue weighted by molar-refractivity contribution is 6.02. The molecule has 4 heterocycles. The van der Waals surface area contributed by atoms with E-state index in [0.717, 1.165) is 62.8 Å². The fraction of sp³-hybridized carbons (Fsp3) is 0.306. The van der Waals surface area contributed by atoms with Crippen molar-refractivity contribution in [3.8, 4) is 5.75 Å². The number of para-hydroxylation sites is 1. The zero-order valence-corrected chi connectivity index (χ0v) is 25.0. The summed E-state index contributed by atoms with van der Waals surface area (Å²) in [6.07, 6.45) is 7.34. The maximum absolute atomic E-state index is 5.40. The molecule has 1 aromatic heterocycles. The number of hydrogen-bond donors (Lipinski definition) is 3. The summed E-state index contributed by atoms with van der Waals surface area (Å²) in [5.41, 5.74) is 11.7. The molecule has 4 aromatic rings. The predicted octanol–water partition coefficient (Wildman–Crippen LogP) is 6.14. The zero-order chi connectivity index (χ0) is 29.2. The van der Waals surface area contributed by atoms with Gasteiger partial charge in [-0.05, 0) is 60.2 Å². The second-order valence-corrected chi connectivity index (χ2v) is 11.8. The summed E-state index contributed by atoms with van der Waals surface area (Å²) in [7, 11) is 1.72. The van der Waals surface area contributed by atoms with Crippen molar-refractivity contribution in [2.45, 2.75) is 45.3 Å². The molecule has 7 nitrogen and oxygen atoms in total. The van der Waals surface area contributed by atoms with Crippen LogP contribution in [0.25, 0.3) is 10.9 Å². The largest absolute Gasteiger partial charge is 0.497 e. The minimum Gasteiger partial charge on any atom is -0.497 e. The first-order valence-corrected chi connectivity index (χ1v) is 15.4. The zero-order valence-electron chi connectivity index (χ0n) is 25.0. The Hall–Kier alpha value is -4.49. The van der Waals surface area contributed by atoms with Gasteiger partial charge >= 0.3 is 0 Å². The fourth-order valence-corrected chi connectivity index (χ4v) is 6.73. The van der Waals surface area contributed by atoms with Crippen molar-refractivity contribution in [3.05, 3.63) is 125 Å². The third kappa shape index (κ3) is 5.65. The number of aliphatic imine (C=N–C) groups is 1. The lowest BCUT2D eigenvalue weighted by atomic mass is 9.88. The van der Waals surface area contributed by atoms with Crippen LogP contribution in [0, 0.1) is 5.92 Å². The minimum absolute atomic E-state index is 0.262. The highest BCUT2D eigenvalue weighted by Gasteiger charge is 2.41. The van der Waals surface area contributed by atoms with Gasteiger partial charge in [-0.15, -0.1) is 0 Å². The molecule has 3 aliphatic rings. The summed E-state index contributed by atoms with van der Waals surface area (Å²) in [6.45, 7) is 5.85. The van der Waals surface area contributed by atoms with E-state index in [1.54, 1.807) is 7.11 Å². The lowest BCUT2D eigenvalue weighted by Crippen LogP contribution is -2.41. The monoisotopic (exact) mass is 572 g/mol. The van der Waals surface area contributed by atoms with Crippen LogP contribution >= 0.6 is 0 Å². The second kappa shape index (κ2) is 12.0. The number of ether oxygens (including phenoxy) is 1. The Morgan fingerprint density at radius 1 is 0.953 bits per heavy atom. The Balaban J connectivity index is 1.19. The van der Waals surface area contributed by atoms with Crippen LogP contribution in [-0.2, 0) is 19.5 Å². The number of benzene rings is 3. The number of hydrazine groups is 1. The van der Waals surface area contributed by atoms with E-state index in [4.69, 9.17) is 9.73 Å². The molecular formula is C36H40N6O. The van der Waals surface area contributed by atoms with Crippen LogP contribution in [0.5, 0.6) is 5.75 Å². The molecule has 0 saturated carbocycles. The number of amidine groups is 1. The van der Waals surface area contributed by atoms with Gasteiger partial charge in [0.2, 0.25) is 0 Å². The van der Waals surface area contributed by atoms with Crippen molar-refractivity contribution in [2.75, 3.05) is 20.2 Å². The summed E-state index contributed by atoms with van der Waals surface area (Å²) < 4.78 is 5.40. The number of methoxy groups -OCH3 is 1. The number of nitrogens with zero attached hydrogens (tertiary/aromatic N) is 3. The molecule has 3 aromatic carbocycles. The standard InChI is InChI=1S/C36H40N6O/c1-25-12-17-33(37-20-18-28-22-38-31-11-7-6-10-30(28)31)39-36-34-32(40-42(36)24-26-8-4-3-5-9-26)19-21-41(35(25)34)23-27-13-15-29(43-2)16-14-27/h3-11,13-17,22,25,32,37-38,40H,12,18-21,23-24H2,1-2H3. The molecule has 7 rings (SSSR count). The third-order valence-corrected chi connectivity index (χ3v) is 8.91. The number of nitrogens with one attached hydrogen (secondary N) is 3. The van der Waals surface area contributed by atoms with Crippen molar-refractivity contribution < 1.29 is 4.74 Å². The van der Waals surface area contributed by atoms with Gasteiger partial charge < -0.3 is 19.9 Å².